The average Bonchev–Trinajstić information content (AvgIpc) is 2.64. The number of carbonyl (C=O) groups is 1. The average molecular weight is 327 g/mol. The van der Waals surface area contributed by atoms with Gasteiger partial charge in [0.2, 0.25) is 5.91 Å². The lowest BCUT2D eigenvalue weighted by Crippen LogP contribution is -2.33. The van der Waals surface area contributed by atoms with Gasteiger partial charge in [-0.05, 0) is 18.1 Å². The number of hydrogen-bond donors (Lipinski definition) is 1. The summed E-state index contributed by atoms with van der Waals surface area (Å²) in [5, 5.41) is 3.01. The quantitative estimate of drug-likeness (QED) is 0.804. The maximum atomic E-state index is 12.6. The Bertz CT molecular complexity index is 642. The van der Waals surface area contributed by atoms with Crippen LogP contribution < -0.4 is 10.1 Å². The molecule has 1 N–H and O–H groups in total. The Hall–Kier alpha value is -2.33. The first-order chi connectivity index (χ1) is 11.7. The van der Waals surface area contributed by atoms with E-state index in [9.17, 15) is 4.79 Å². The summed E-state index contributed by atoms with van der Waals surface area (Å²) < 4.78 is 10.9. The monoisotopic (exact) mass is 327 g/mol. The van der Waals surface area contributed by atoms with Gasteiger partial charge in [0, 0.05) is 19.2 Å². The zero-order chi connectivity index (χ0) is 17.4. The molecule has 0 aliphatic carbocycles. The minimum absolute atomic E-state index is 0.0145. The zero-order valence-corrected chi connectivity index (χ0v) is 14.5. The number of para-hydroxylation sites is 1. The summed E-state index contributed by atoms with van der Waals surface area (Å²) in [7, 11) is 3.27. The predicted molar refractivity (Wildman–Crippen MR) is 95.2 cm³/mol. The second-order valence-corrected chi connectivity index (χ2v) is 5.58. The fourth-order valence-electron chi connectivity index (χ4n) is 2.83. The Morgan fingerprint density at radius 2 is 1.71 bits per heavy atom. The van der Waals surface area contributed by atoms with Gasteiger partial charge in [-0.1, -0.05) is 55.5 Å². The molecule has 2 rings (SSSR count). The molecule has 1 amide bonds. The molecule has 128 valence electrons. The van der Waals surface area contributed by atoms with E-state index in [2.05, 4.69) is 5.32 Å². The van der Waals surface area contributed by atoms with Gasteiger partial charge in [0.15, 0.2) is 0 Å². The highest BCUT2D eigenvalue weighted by atomic mass is 16.5. The van der Waals surface area contributed by atoms with Gasteiger partial charge in [0.25, 0.3) is 0 Å². The third-order valence-corrected chi connectivity index (χ3v) is 4.16. The predicted octanol–water partition coefficient (Wildman–Crippen LogP) is 3.69. The molecule has 0 spiro atoms. The van der Waals surface area contributed by atoms with Crippen LogP contribution in [-0.2, 0) is 9.53 Å². The standard InChI is InChI=1S/C20H25NO3/c1-4-16(15-10-6-5-7-11-15)20(22)21-14-19(24-3)17-12-8-9-13-18(17)23-2/h5-13,16,19H,4,14H2,1-3H3,(H,21,22)/t16-,19-/m0/s1. The van der Waals surface area contributed by atoms with Crippen molar-refractivity contribution in [1.29, 1.82) is 0 Å². The largest absolute Gasteiger partial charge is 0.496 e. The Labute approximate surface area is 143 Å². The van der Waals surface area contributed by atoms with E-state index in [1.54, 1.807) is 14.2 Å². The van der Waals surface area contributed by atoms with Gasteiger partial charge in [0.05, 0.1) is 13.0 Å². The van der Waals surface area contributed by atoms with E-state index in [1.807, 2.05) is 61.5 Å². The van der Waals surface area contributed by atoms with Crippen LogP contribution in [0.2, 0.25) is 0 Å². The molecule has 24 heavy (non-hydrogen) atoms. The molecule has 0 heterocycles. The zero-order valence-electron chi connectivity index (χ0n) is 14.5. The Morgan fingerprint density at radius 3 is 2.33 bits per heavy atom. The van der Waals surface area contributed by atoms with E-state index < -0.39 is 0 Å². The first-order valence-electron chi connectivity index (χ1n) is 8.19. The van der Waals surface area contributed by atoms with Crippen molar-refractivity contribution in [3.8, 4) is 5.75 Å². The molecular formula is C20H25NO3. The van der Waals surface area contributed by atoms with Crippen molar-refractivity contribution in [2.45, 2.75) is 25.4 Å². The lowest BCUT2D eigenvalue weighted by molar-refractivity contribution is -0.123. The highest BCUT2D eigenvalue weighted by Crippen LogP contribution is 2.27. The molecule has 0 aromatic heterocycles. The highest BCUT2D eigenvalue weighted by Gasteiger charge is 2.21. The van der Waals surface area contributed by atoms with Crippen LogP contribution in [-0.4, -0.2) is 26.7 Å². The SMILES string of the molecule is CC[C@H](C(=O)NC[C@H](OC)c1ccccc1OC)c1ccccc1. The maximum absolute atomic E-state index is 12.6. The first kappa shape index (κ1) is 18.0. The van der Waals surface area contributed by atoms with Crippen LogP contribution >= 0.6 is 0 Å². The smallest absolute Gasteiger partial charge is 0.227 e. The Morgan fingerprint density at radius 1 is 1.04 bits per heavy atom. The normalized spacial score (nSPS) is 13.1. The van der Waals surface area contributed by atoms with Crippen LogP contribution in [0.25, 0.3) is 0 Å². The molecule has 4 heteroatoms. The minimum atomic E-state index is -0.252. The van der Waals surface area contributed by atoms with Crippen LogP contribution in [0.4, 0.5) is 0 Å². The van der Waals surface area contributed by atoms with Crippen LogP contribution in [0.1, 0.15) is 36.5 Å². The molecular weight excluding hydrogens is 302 g/mol. The second-order valence-electron chi connectivity index (χ2n) is 5.58. The van der Waals surface area contributed by atoms with E-state index in [-0.39, 0.29) is 17.9 Å². The molecule has 0 radical (unpaired) electrons. The summed E-state index contributed by atoms with van der Waals surface area (Å²) in [6.07, 6.45) is 0.501. The minimum Gasteiger partial charge on any atom is -0.496 e. The third-order valence-electron chi connectivity index (χ3n) is 4.16. The van der Waals surface area contributed by atoms with Crippen molar-refractivity contribution >= 4 is 5.91 Å². The van der Waals surface area contributed by atoms with Crippen molar-refractivity contribution in [3.05, 3.63) is 65.7 Å². The van der Waals surface area contributed by atoms with E-state index in [4.69, 9.17) is 9.47 Å². The maximum Gasteiger partial charge on any atom is 0.227 e. The third kappa shape index (κ3) is 4.36. The van der Waals surface area contributed by atoms with Crippen LogP contribution in [0.15, 0.2) is 54.6 Å². The summed E-state index contributed by atoms with van der Waals surface area (Å²) >= 11 is 0. The molecule has 0 unspecified atom stereocenters. The van der Waals surface area contributed by atoms with Crippen molar-refractivity contribution in [1.82, 2.24) is 5.32 Å². The van der Waals surface area contributed by atoms with Gasteiger partial charge < -0.3 is 14.8 Å². The second kappa shape index (κ2) is 9.08. The lowest BCUT2D eigenvalue weighted by Gasteiger charge is -2.21. The van der Waals surface area contributed by atoms with Crippen LogP contribution in [0.3, 0.4) is 0 Å². The first-order valence-corrected chi connectivity index (χ1v) is 8.19. The number of methoxy groups -OCH3 is 2. The molecule has 2 aromatic carbocycles. The van der Waals surface area contributed by atoms with Gasteiger partial charge >= 0.3 is 0 Å². The topological polar surface area (TPSA) is 47.6 Å². The van der Waals surface area contributed by atoms with Gasteiger partial charge in [-0.25, -0.2) is 0 Å². The van der Waals surface area contributed by atoms with E-state index in [0.717, 1.165) is 23.3 Å². The molecule has 0 saturated carbocycles. The molecule has 0 saturated heterocycles. The summed E-state index contributed by atoms with van der Waals surface area (Å²) in [5.74, 6) is 0.621. The highest BCUT2D eigenvalue weighted by molar-refractivity contribution is 5.83. The van der Waals surface area contributed by atoms with E-state index in [1.165, 1.54) is 0 Å². The summed E-state index contributed by atoms with van der Waals surface area (Å²) in [5.41, 5.74) is 1.96. The van der Waals surface area contributed by atoms with Crippen molar-refractivity contribution in [2.24, 2.45) is 0 Å². The summed E-state index contributed by atoms with van der Waals surface area (Å²) in [6, 6.07) is 17.5. The fraction of sp³-hybridized carbons (Fsp3) is 0.350. The van der Waals surface area contributed by atoms with Crippen molar-refractivity contribution in [2.75, 3.05) is 20.8 Å². The number of hydrogen-bond acceptors (Lipinski definition) is 3. The number of nitrogens with one attached hydrogen (secondary N) is 1. The number of amides is 1. The van der Waals surface area contributed by atoms with E-state index >= 15 is 0 Å². The lowest BCUT2D eigenvalue weighted by atomic mass is 9.95. The van der Waals surface area contributed by atoms with Crippen molar-refractivity contribution in [3.63, 3.8) is 0 Å². The number of rotatable bonds is 8. The Kier molecular flexibility index (Phi) is 6.82. The van der Waals surface area contributed by atoms with Crippen LogP contribution in [0, 0.1) is 0 Å². The Balaban J connectivity index is 2.05. The van der Waals surface area contributed by atoms with Gasteiger partial charge in [-0.15, -0.1) is 0 Å². The van der Waals surface area contributed by atoms with Gasteiger partial charge in [-0.2, -0.15) is 0 Å². The molecule has 2 atom stereocenters. The summed E-state index contributed by atoms with van der Waals surface area (Å²) in [6.45, 7) is 2.42. The molecule has 0 aliphatic heterocycles. The van der Waals surface area contributed by atoms with Crippen LogP contribution in [0.5, 0.6) is 5.75 Å². The van der Waals surface area contributed by atoms with Gasteiger partial charge in [0.1, 0.15) is 11.9 Å². The van der Waals surface area contributed by atoms with Gasteiger partial charge in [-0.3, -0.25) is 4.79 Å². The number of benzene rings is 2. The van der Waals surface area contributed by atoms with Crippen molar-refractivity contribution < 1.29 is 14.3 Å². The molecule has 2 aromatic rings. The molecule has 4 nitrogen and oxygen atoms in total. The number of carbonyl (C=O) groups excluding carboxylic acids is 1. The molecule has 0 bridgehead atoms. The summed E-state index contributed by atoms with van der Waals surface area (Å²) in [4.78, 5) is 12.6. The molecule has 0 fully saturated rings. The number of ether oxygens (including phenoxy) is 2. The molecule has 0 aliphatic rings. The van der Waals surface area contributed by atoms with E-state index in [0.29, 0.717) is 6.54 Å². The fourth-order valence-corrected chi connectivity index (χ4v) is 2.83.